The van der Waals surface area contributed by atoms with Crippen molar-refractivity contribution < 1.29 is 0 Å². The van der Waals surface area contributed by atoms with Crippen molar-refractivity contribution in [3.8, 4) is 0 Å². The number of fused-ring (bicyclic) bond motifs is 1. The van der Waals surface area contributed by atoms with Crippen molar-refractivity contribution in [1.29, 1.82) is 0 Å². The fourth-order valence-electron chi connectivity index (χ4n) is 2.22. The summed E-state index contributed by atoms with van der Waals surface area (Å²) in [5, 5.41) is 11.9. The molecule has 0 aromatic carbocycles. The predicted octanol–water partition coefficient (Wildman–Crippen LogP) is 0.612. The van der Waals surface area contributed by atoms with Gasteiger partial charge in [-0.05, 0) is 31.0 Å². The van der Waals surface area contributed by atoms with E-state index in [1.807, 2.05) is 22.7 Å². The van der Waals surface area contributed by atoms with Crippen LogP contribution >= 0.6 is 0 Å². The third-order valence-corrected chi connectivity index (χ3v) is 3.10. The van der Waals surface area contributed by atoms with E-state index in [9.17, 15) is 0 Å². The highest BCUT2D eigenvalue weighted by Crippen LogP contribution is 2.22. The van der Waals surface area contributed by atoms with Gasteiger partial charge >= 0.3 is 0 Å². The summed E-state index contributed by atoms with van der Waals surface area (Å²) in [6, 6.07) is 4.30. The van der Waals surface area contributed by atoms with E-state index in [1.54, 1.807) is 0 Å². The van der Waals surface area contributed by atoms with Crippen LogP contribution in [0.5, 0.6) is 0 Å². The zero-order valence-electron chi connectivity index (χ0n) is 9.06. The average molecular weight is 217 g/mol. The number of hydrogen-bond acceptors (Lipinski definition) is 4. The van der Waals surface area contributed by atoms with E-state index in [4.69, 9.17) is 5.73 Å². The molecule has 16 heavy (non-hydrogen) atoms. The van der Waals surface area contributed by atoms with E-state index in [2.05, 4.69) is 15.5 Å². The van der Waals surface area contributed by atoms with Gasteiger partial charge < -0.3 is 11.1 Å². The number of nitrogens with zero attached hydrogens (tertiary/aromatic N) is 3. The monoisotopic (exact) mass is 217 g/mol. The molecular weight excluding hydrogens is 202 g/mol. The molecule has 0 amide bonds. The Morgan fingerprint density at radius 3 is 3.12 bits per heavy atom. The Bertz CT molecular complexity index is 498. The van der Waals surface area contributed by atoms with Gasteiger partial charge in [0.2, 0.25) is 0 Å². The van der Waals surface area contributed by atoms with Gasteiger partial charge in [0.1, 0.15) is 0 Å². The molecule has 0 bridgehead atoms. The van der Waals surface area contributed by atoms with Crippen molar-refractivity contribution in [2.75, 3.05) is 6.54 Å². The largest absolute Gasteiger partial charge is 0.326 e. The number of pyridine rings is 1. The second-order valence-corrected chi connectivity index (χ2v) is 4.18. The van der Waals surface area contributed by atoms with Crippen molar-refractivity contribution in [1.82, 2.24) is 19.9 Å². The lowest BCUT2D eigenvalue weighted by Gasteiger charge is -2.08. The standard InChI is InChI=1S/C11H15N5/c12-6-8-3-4-10-14-15-11(16(10)7-8)9-2-1-5-13-9/h3-4,7,9,13H,1-2,5-6,12H2. The van der Waals surface area contributed by atoms with Crippen molar-refractivity contribution in [2.45, 2.75) is 25.4 Å². The Morgan fingerprint density at radius 2 is 2.38 bits per heavy atom. The number of aromatic nitrogens is 3. The molecule has 1 atom stereocenters. The second kappa shape index (κ2) is 3.84. The molecule has 1 aliphatic rings. The van der Waals surface area contributed by atoms with Crippen LogP contribution in [-0.2, 0) is 6.54 Å². The zero-order valence-corrected chi connectivity index (χ0v) is 9.06. The molecule has 2 aromatic heterocycles. The van der Waals surface area contributed by atoms with Gasteiger partial charge in [-0.15, -0.1) is 10.2 Å². The number of rotatable bonds is 2. The Kier molecular flexibility index (Phi) is 2.34. The molecule has 1 fully saturated rings. The van der Waals surface area contributed by atoms with Gasteiger partial charge in [-0.3, -0.25) is 4.40 Å². The molecule has 1 saturated heterocycles. The third-order valence-electron chi connectivity index (χ3n) is 3.10. The molecule has 5 heteroatoms. The Hall–Kier alpha value is -1.46. The zero-order chi connectivity index (χ0) is 11.0. The lowest BCUT2D eigenvalue weighted by atomic mass is 10.2. The van der Waals surface area contributed by atoms with Crippen LogP contribution in [0, 0.1) is 0 Å². The summed E-state index contributed by atoms with van der Waals surface area (Å²) in [5.41, 5.74) is 7.64. The summed E-state index contributed by atoms with van der Waals surface area (Å²) in [7, 11) is 0. The quantitative estimate of drug-likeness (QED) is 0.773. The summed E-state index contributed by atoms with van der Waals surface area (Å²) in [6.45, 7) is 1.61. The highest BCUT2D eigenvalue weighted by molar-refractivity contribution is 5.40. The fourth-order valence-corrected chi connectivity index (χ4v) is 2.22. The van der Waals surface area contributed by atoms with E-state index in [1.165, 1.54) is 6.42 Å². The van der Waals surface area contributed by atoms with Gasteiger partial charge in [0.05, 0.1) is 6.04 Å². The molecular formula is C11H15N5. The summed E-state index contributed by atoms with van der Waals surface area (Å²) >= 11 is 0. The van der Waals surface area contributed by atoms with Gasteiger partial charge in [-0.1, -0.05) is 6.07 Å². The first-order chi connectivity index (χ1) is 7.88. The van der Waals surface area contributed by atoms with Crippen LogP contribution in [0.15, 0.2) is 18.3 Å². The van der Waals surface area contributed by atoms with Gasteiger partial charge in [-0.2, -0.15) is 0 Å². The molecule has 0 saturated carbocycles. The van der Waals surface area contributed by atoms with Crippen molar-refractivity contribution in [3.05, 3.63) is 29.7 Å². The lowest BCUT2D eigenvalue weighted by Crippen LogP contribution is -2.16. The summed E-state index contributed by atoms with van der Waals surface area (Å²) in [4.78, 5) is 0. The van der Waals surface area contributed by atoms with E-state index in [-0.39, 0.29) is 0 Å². The number of nitrogens with one attached hydrogen (secondary N) is 1. The van der Waals surface area contributed by atoms with Crippen LogP contribution in [0.3, 0.4) is 0 Å². The first-order valence-electron chi connectivity index (χ1n) is 5.65. The van der Waals surface area contributed by atoms with Crippen LogP contribution in [-0.4, -0.2) is 21.1 Å². The van der Waals surface area contributed by atoms with Gasteiger partial charge in [-0.25, -0.2) is 0 Å². The van der Waals surface area contributed by atoms with Gasteiger partial charge in [0, 0.05) is 12.7 Å². The van der Waals surface area contributed by atoms with Gasteiger partial charge in [0.15, 0.2) is 11.5 Å². The smallest absolute Gasteiger partial charge is 0.160 e. The Morgan fingerprint density at radius 1 is 1.44 bits per heavy atom. The lowest BCUT2D eigenvalue weighted by molar-refractivity contribution is 0.597. The maximum absolute atomic E-state index is 5.64. The number of nitrogens with two attached hydrogens (primary N) is 1. The molecule has 0 aliphatic carbocycles. The first kappa shape index (κ1) is 9.74. The average Bonchev–Trinajstić information content (AvgIpc) is 2.96. The van der Waals surface area contributed by atoms with Crippen LogP contribution in [0.25, 0.3) is 5.65 Å². The molecule has 3 heterocycles. The summed E-state index contributed by atoms with van der Waals surface area (Å²) in [5.74, 6) is 1.00. The topological polar surface area (TPSA) is 68.2 Å². The van der Waals surface area contributed by atoms with E-state index < -0.39 is 0 Å². The maximum atomic E-state index is 5.64. The molecule has 3 rings (SSSR count). The molecule has 84 valence electrons. The van der Waals surface area contributed by atoms with Gasteiger partial charge in [0.25, 0.3) is 0 Å². The highest BCUT2D eigenvalue weighted by atomic mass is 15.3. The molecule has 2 aromatic rings. The van der Waals surface area contributed by atoms with E-state index >= 15 is 0 Å². The Balaban J connectivity index is 2.09. The predicted molar refractivity (Wildman–Crippen MR) is 60.9 cm³/mol. The van der Waals surface area contributed by atoms with Crippen molar-refractivity contribution in [3.63, 3.8) is 0 Å². The second-order valence-electron chi connectivity index (χ2n) is 4.18. The van der Waals surface area contributed by atoms with Crippen molar-refractivity contribution >= 4 is 5.65 Å². The minimum absolute atomic E-state index is 0.336. The fraction of sp³-hybridized carbons (Fsp3) is 0.455. The molecule has 1 aliphatic heterocycles. The van der Waals surface area contributed by atoms with E-state index in [0.29, 0.717) is 12.6 Å². The van der Waals surface area contributed by atoms with Crippen LogP contribution < -0.4 is 11.1 Å². The summed E-state index contributed by atoms with van der Waals surface area (Å²) < 4.78 is 2.05. The molecule has 0 radical (unpaired) electrons. The van der Waals surface area contributed by atoms with Crippen LogP contribution in [0.2, 0.25) is 0 Å². The molecule has 1 unspecified atom stereocenters. The van der Waals surface area contributed by atoms with Crippen molar-refractivity contribution in [2.24, 2.45) is 5.73 Å². The minimum Gasteiger partial charge on any atom is -0.326 e. The minimum atomic E-state index is 0.336. The molecule has 0 spiro atoms. The highest BCUT2D eigenvalue weighted by Gasteiger charge is 2.21. The first-order valence-corrected chi connectivity index (χ1v) is 5.65. The normalized spacial score (nSPS) is 20.7. The molecule has 3 N–H and O–H groups in total. The Labute approximate surface area is 93.7 Å². The third kappa shape index (κ3) is 1.48. The summed E-state index contributed by atoms with van der Waals surface area (Å²) in [6.07, 6.45) is 4.37. The molecule has 5 nitrogen and oxygen atoms in total. The SMILES string of the molecule is NCc1ccc2nnc(C3CCCN3)n2c1. The maximum Gasteiger partial charge on any atom is 0.160 e. The van der Waals surface area contributed by atoms with Crippen LogP contribution in [0.1, 0.15) is 30.3 Å². The van der Waals surface area contributed by atoms with Crippen LogP contribution in [0.4, 0.5) is 0 Å². The number of hydrogen-bond donors (Lipinski definition) is 2. The van der Waals surface area contributed by atoms with E-state index in [0.717, 1.165) is 30.0 Å².